The Morgan fingerprint density at radius 3 is 2.92 bits per heavy atom. The van der Waals surface area contributed by atoms with E-state index in [2.05, 4.69) is 16.5 Å². The van der Waals surface area contributed by atoms with E-state index in [0.717, 1.165) is 19.4 Å². The largest absolute Gasteiger partial charge is 0.337 e. The molecule has 1 atom stereocenters. The van der Waals surface area contributed by atoms with Crippen molar-refractivity contribution in [2.45, 2.75) is 38.8 Å². The zero-order valence-corrected chi connectivity index (χ0v) is 7.61. The Labute approximate surface area is 73.6 Å². The van der Waals surface area contributed by atoms with E-state index in [1.807, 2.05) is 12.5 Å². The van der Waals surface area contributed by atoms with Gasteiger partial charge in [-0.05, 0) is 12.8 Å². The van der Waals surface area contributed by atoms with E-state index < -0.39 is 0 Å². The van der Waals surface area contributed by atoms with Crippen LogP contribution in [-0.2, 0) is 6.54 Å². The van der Waals surface area contributed by atoms with E-state index in [1.165, 1.54) is 6.42 Å². The fraction of sp³-hybridized carbons (Fsp3) is 0.667. The van der Waals surface area contributed by atoms with E-state index in [-0.39, 0.29) is 0 Å². The number of hydrogen-bond donors (Lipinski definition) is 1. The number of nitrogens with zero attached hydrogens (tertiary/aromatic N) is 2. The summed E-state index contributed by atoms with van der Waals surface area (Å²) >= 11 is 0. The molecule has 1 unspecified atom stereocenters. The first kappa shape index (κ1) is 9.26. The lowest BCUT2D eigenvalue weighted by Gasteiger charge is -2.09. The SMILES string of the molecule is CCCC(N)CCn1ccnc1. The fourth-order valence-electron chi connectivity index (χ4n) is 1.25. The Kier molecular flexibility index (Phi) is 3.80. The van der Waals surface area contributed by atoms with Gasteiger partial charge in [0.2, 0.25) is 0 Å². The van der Waals surface area contributed by atoms with Crippen molar-refractivity contribution in [3.8, 4) is 0 Å². The van der Waals surface area contributed by atoms with Crippen molar-refractivity contribution in [2.75, 3.05) is 0 Å². The molecule has 68 valence electrons. The molecule has 2 N–H and O–H groups in total. The summed E-state index contributed by atoms with van der Waals surface area (Å²) in [7, 11) is 0. The van der Waals surface area contributed by atoms with Crippen molar-refractivity contribution >= 4 is 0 Å². The number of aromatic nitrogens is 2. The average molecular weight is 167 g/mol. The van der Waals surface area contributed by atoms with Crippen LogP contribution in [0.5, 0.6) is 0 Å². The van der Waals surface area contributed by atoms with Crippen LogP contribution in [0.2, 0.25) is 0 Å². The molecule has 0 saturated carbocycles. The predicted octanol–water partition coefficient (Wildman–Crippen LogP) is 1.40. The number of imidazole rings is 1. The Balaban J connectivity index is 2.17. The molecule has 0 amide bonds. The highest BCUT2D eigenvalue weighted by molar-refractivity contribution is 4.74. The number of rotatable bonds is 5. The van der Waals surface area contributed by atoms with Crippen molar-refractivity contribution < 1.29 is 0 Å². The monoisotopic (exact) mass is 167 g/mol. The Bertz CT molecular complexity index is 194. The maximum Gasteiger partial charge on any atom is 0.0945 e. The third-order valence-electron chi connectivity index (χ3n) is 1.98. The highest BCUT2D eigenvalue weighted by Crippen LogP contribution is 2.00. The third-order valence-corrected chi connectivity index (χ3v) is 1.98. The average Bonchev–Trinajstić information content (AvgIpc) is 2.53. The summed E-state index contributed by atoms with van der Waals surface area (Å²) in [5.41, 5.74) is 5.87. The molecule has 1 aromatic rings. The molecule has 0 saturated heterocycles. The van der Waals surface area contributed by atoms with Crippen LogP contribution >= 0.6 is 0 Å². The van der Waals surface area contributed by atoms with Crippen LogP contribution in [0.15, 0.2) is 18.7 Å². The second kappa shape index (κ2) is 4.93. The first-order valence-corrected chi connectivity index (χ1v) is 4.54. The van der Waals surface area contributed by atoms with Crippen molar-refractivity contribution in [1.82, 2.24) is 9.55 Å². The summed E-state index contributed by atoms with van der Waals surface area (Å²) < 4.78 is 2.06. The van der Waals surface area contributed by atoms with Gasteiger partial charge in [-0.15, -0.1) is 0 Å². The maximum absolute atomic E-state index is 5.87. The topological polar surface area (TPSA) is 43.8 Å². The molecule has 3 nitrogen and oxygen atoms in total. The first-order chi connectivity index (χ1) is 5.83. The van der Waals surface area contributed by atoms with Gasteiger partial charge in [0.15, 0.2) is 0 Å². The van der Waals surface area contributed by atoms with Crippen LogP contribution in [0.4, 0.5) is 0 Å². The van der Waals surface area contributed by atoms with Crippen LogP contribution in [0, 0.1) is 0 Å². The van der Waals surface area contributed by atoms with Gasteiger partial charge in [0, 0.05) is 25.0 Å². The summed E-state index contributed by atoms with van der Waals surface area (Å²) in [6.07, 6.45) is 8.94. The summed E-state index contributed by atoms with van der Waals surface area (Å²) in [6, 6.07) is 0.345. The zero-order valence-electron chi connectivity index (χ0n) is 7.61. The smallest absolute Gasteiger partial charge is 0.0945 e. The standard InChI is InChI=1S/C9H17N3/c1-2-3-9(10)4-6-12-7-5-11-8-12/h5,7-9H,2-4,6,10H2,1H3. The second-order valence-corrected chi connectivity index (χ2v) is 3.14. The minimum Gasteiger partial charge on any atom is -0.337 e. The summed E-state index contributed by atoms with van der Waals surface area (Å²) in [4.78, 5) is 3.97. The summed E-state index contributed by atoms with van der Waals surface area (Å²) in [5.74, 6) is 0. The van der Waals surface area contributed by atoms with Gasteiger partial charge >= 0.3 is 0 Å². The molecule has 1 rings (SSSR count). The van der Waals surface area contributed by atoms with Crippen LogP contribution in [-0.4, -0.2) is 15.6 Å². The number of aryl methyl sites for hydroxylation is 1. The van der Waals surface area contributed by atoms with E-state index in [4.69, 9.17) is 5.73 Å². The van der Waals surface area contributed by atoms with Gasteiger partial charge in [-0.3, -0.25) is 0 Å². The van der Waals surface area contributed by atoms with Gasteiger partial charge in [0.25, 0.3) is 0 Å². The van der Waals surface area contributed by atoms with Crippen molar-refractivity contribution in [3.05, 3.63) is 18.7 Å². The molecule has 12 heavy (non-hydrogen) atoms. The minimum absolute atomic E-state index is 0.345. The predicted molar refractivity (Wildman–Crippen MR) is 49.7 cm³/mol. The molecule has 0 aromatic carbocycles. The zero-order chi connectivity index (χ0) is 8.81. The van der Waals surface area contributed by atoms with Gasteiger partial charge < -0.3 is 10.3 Å². The van der Waals surface area contributed by atoms with Crippen molar-refractivity contribution in [2.24, 2.45) is 5.73 Å². The van der Waals surface area contributed by atoms with Crippen LogP contribution < -0.4 is 5.73 Å². The second-order valence-electron chi connectivity index (χ2n) is 3.14. The molecular formula is C9H17N3. The van der Waals surface area contributed by atoms with E-state index in [1.54, 1.807) is 6.20 Å². The van der Waals surface area contributed by atoms with E-state index in [0.29, 0.717) is 6.04 Å². The minimum atomic E-state index is 0.345. The highest BCUT2D eigenvalue weighted by atomic mass is 15.0. The molecular weight excluding hydrogens is 150 g/mol. The van der Waals surface area contributed by atoms with Crippen LogP contribution in [0.3, 0.4) is 0 Å². The van der Waals surface area contributed by atoms with Gasteiger partial charge in [0.1, 0.15) is 0 Å². The molecule has 0 bridgehead atoms. The first-order valence-electron chi connectivity index (χ1n) is 4.54. The molecule has 1 aromatic heterocycles. The Morgan fingerprint density at radius 2 is 2.33 bits per heavy atom. The highest BCUT2D eigenvalue weighted by Gasteiger charge is 2.00. The van der Waals surface area contributed by atoms with Gasteiger partial charge in [-0.2, -0.15) is 0 Å². The summed E-state index contributed by atoms with van der Waals surface area (Å²) in [5, 5.41) is 0. The molecule has 3 heteroatoms. The number of hydrogen-bond acceptors (Lipinski definition) is 2. The Morgan fingerprint density at radius 1 is 1.50 bits per heavy atom. The van der Waals surface area contributed by atoms with Gasteiger partial charge in [-0.25, -0.2) is 4.98 Å². The maximum atomic E-state index is 5.87. The van der Waals surface area contributed by atoms with Crippen LogP contribution in [0.25, 0.3) is 0 Å². The lowest BCUT2D eigenvalue weighted by atomic mass is 10.1. The molecule has 0 radical (unpaired) electrons. The lowest BCUT2D eigenvalue weighted by molar-refractivity contribution is 0.509. The van der Waals surface area contributed by atoms with Crippen molar-refractivity contribution in [3.63, 3.8) is 0 Å². The molecule has 1 heterocycles. The molecule has 0 fully saturated rings. The van der Waals surface area contributed by atoms with Gasteiger partial charge in [0.05, 0.1) is 6.33 Å². The molecule has 0 aliphatic carbocycles. The van der Waals surface area contributed by atoms with E-state index >= 15 is 0 Å². The van der Waals surface area contributed by atoms with Gasteiger partial charge in [-0.1, -0.05) is 13.3 Å². The fourth-order valence-corrected chi connectivity index (χ4v) is 1.25. The van der Waals surface area contributed by atoms with E-state index in [9.17, 15) is 0 Å². The quantitative estimate of drug-likeness (QED) is 0.720. The van der Waals surface area contributed by atoms with Crippen molar-refractivity contribution in [1.29, 1.82) is 0 Å². The molecule has 0 spiro atoms. The summed E-state index contributed by atoms with van der Waals surface area (Å²) in [6.45, 7) is 3.15. The molecule has 0 aliphatic heterocycles. The van der Waals surface area contributed by atoms with Crippen LogP contribution in [0.1, 0.15) is 26.2 Å². The molecule has 0 aliphatic rings. The lowest BCUT2D eigenvalue weighted by Crippen LogP contribution is -2.21. The Hall–Kier alpha value is -0.830. The third kappa shape index (κ3) is 3.05. The normalized spacial score (nSPS) is 13.2. The number of nitrogens with two attached hydrogens (primary N) is 1.